The number of aryl methyl sites for hydroxylation is 1. The van der Waals surface area contributed by atoms with Crippen LogP contribution in [0.1, 0.15) is 11.1 Å². The van der Waals surface area contributed by atoms with Gasteiger partial charge in [-0.3, -0.25) is 14.8 Å². The van der Waals surface area contributed by atoms with Crippen molar-refractivity contribution >= 4 is 5.69 Å². The second-order valence-corrected chi connectivity index (χ2v) is 6.88. The van der Waals surface area contributed by atoms with Gasteiger partial charge < -0.3 is 10.2 Å². The molecule has 0 saturated carbocycles. The van der Waals surface area contributed by atoms with Crippen LogP contribution in [-0.2, 0) is 20.1 Å². The number of hydrogen-bond donors (Lipinski definition) is 1. The van der Waals surface area contributed by atoms with Crippen molar-refractivity contribution in [3.8, 4) is 11.3 Å². The monoisotopic (exact) mass is 379 g/mol. The molecule has 0 atom stereocenters. The Hall–Kier alpha value is -3.03. The molecule has 0 aliphatic carbocycles. The molecule has 0 radical (unpaired) electrons. The summed E-state index contributed by atoms with van der Waals surface area (Å²) >= 11 is 0. The maximum atomic E-state index is 10.8. The summed E-state index contributed by atoms with van der Waals surface area (Å²) in [4.78, 5) is 12.7. The molecule has 1 heterocycles. The molecule has 146 valence electrons. The average Bonchev–Trinajstić information content (AvgIpc) is 3.06. The summed E-state index contributed by atoms with van der Waals surface area (Å²) in [7, 11) is 3.99. The Bertz CT molecular complexity index is 906. The zero-order valence-electron chi connectivity index (χ0n) is 16.2. The first kappa shape index (κ1) is 19.7. The van der Waals surface area contributed by atoms with E-state index in [1.165, 1.54) is 17.7 Å². The van der Waals surface area contributed by atoms with Crippen molar-refractivity contribution in [2.75, 3.05) is 20.1 Å². The number of hydrogen-bond acceptors (Lipinski definition) is 5. The third-order valence-electron chi connectivity index (χ3n) is 4.54. The van der Waals surface area contributed by atoms with Crippen molar-refractivity contribution in [3.05, 3.63) is 82.0 Å². The normalized spacial score (nSPS) is 11.1. The van der Waals surface area contributed by atoms with Gasteiger partial charge in [-0.05, 0) is 24.7 Å². The summed E-state index contributed by atoms with van der Waals surface area (Å²) in [5.74, 6) is 0. The number of non-ortho nitro benzene ring substituents is 1. The molecule has 0 aliphatic heterocycles. The van der Waals surface area contributed by atoms with E-state index in [4.69, 9.17) is 0 Å². The first-order valence-electron chi connectivity index (χ1n) is 9.23. The van der Waals surface area contributed by atoms with E-state index >= 15 is 0 Å². The molecule has 0 amide bonds. The van der Waals surface area contributed by atoms with Crippen LogP contribution in [0, 0.1) is 10.1 Å². The van der Waals surface area contributed by atoms with Gasteiger partial charge in [-0.2, -0.15) is 5.10 Å². The van der Waals surface area contributed by atoms with E-state index in [-0.39, 0.29) is 5.69 Å². The number of nitrogens with one attached hydrogen (secondary N) is 1. The molecule has 0 saturated heterocycles. The summed E-state index contributed by atoms with van der Waals surface area (Å²) < 4.78 is 1.77. The number of aromatic nitrogens is 2. The van der Waals surface area contributed by atoms with E-state index < -0.39 is 4.92 Å². The highest BCUT2D eigenvalue weighted by atomic mass is 16.6. The minimum Gasteiger partial charge on any atom is -0.311 e. The Morgan fingerprint density at radius 1 is 1.14 bits per heavy atom. The molecular weight excluding hydrogens is 354 g/mol. The minimum absolute atomic E-state index is 0.0841. The van der Waals surface area contributed by atoms with Crippen molar-refractivity contribution in [2.45, 2.75) is 13.1 Å². The van der Waals surface area contributed by atoms with Crippen LogP contribution in [0.2, 0.25) is 0 Å². The van der Waals surface area contributed by atoms with Crippen molar-refractivity contribution in [1.82, 2.24) is 20.0 Å². The fourth-order valence-corrected chi connectivity index (χ4v) is 3.12. The lowest BCUT2D eigenvalue weighted by Gasteiger charge is -2.17. The largest absolute Gasteiger partial charge is 0.311 e. The number of nitrogens with zero attached hydrogens (tertiary/aromatic N) is 4. The van der Waals surface area contributed by atoms with Crippen LogP contribution in [0.5, 0.6) is 0 Å². The van der Waals surface area contributed by atoms with Gasteiger partial charge >= 0.3 is 0 Å². The van der Waals surface area contributed by atoms with E-state index in [0.717, 1.165) is 36.5 Å². The molecule has 0 fully saturated rings. The molecule has 1 N–H and O–H groups in total. The summed E-state index contributed by atoms with van der Waals surface area (Å²) in [6.07, 6.45) is 1.98. The highest BCUT2D eigenvalue weighted by Gasteiger charge is 2.12. The molecule has 28 heavy (non-hydrogen) atoms. The molecule has 0 bridgehead atoms. The highest BCUT2D eigenvalue weighted by Crippen LogP contribution is 2.24. The third-order valence-corrected chi connectivity index (χ3v) is 4.54. The van der Waals surface area contributed by atoms with Gasteiger partial charge in [-0.1, -0.05) is 30.3 Å². The molecule has 0 aliphatic rings. The molecule has 0 spiro atoms. The predicted octanol–water partition coefficient (Wildman–Crippen LogP) is 3.22. The molecule has 7 nitrogen and oxygen atoms in total. The Morgan fingerprint density at radius 2 is 1.86 bits per heavy atom. The number of nitro groups is 1. The van der Waals surface area contributed by atoms with E-state index in [1.807, 2.05) is 19.3 Å². The molecule has 3 aromatic rings. The highest BCUT2D eigenvalue weighted by molar-refractivity contribution is 5.64. The Kier molecular flexibility index (Phi) is 6.52. The molecule has 3 rings (SSSR count). The SMILES string of the molecule is CN(CCNCc1cn(C)nc1-c1ccc([N+](=O)[O-])cc1)Cc1ccccc1. The summed E-state index contributed by atoms with van der Waals surface area (Å²) in [6, 6.07) is 16.9. The summed E-state index contributed by atoms with van der Waals surface area (Å²) in [5.41, 5.74) is 4.19. The summed E-state index contributed by atoms with van der Waals surface area (Å²) in [6.45, 7) is 3.41. The van der Waals surface area contributed by atoms with Gasteiger partial charge in [0.15, 0.2) is 0 Å². The van der Waals surface area contributed by atoms with Crippen LogP contribution < -0.4 is 5.32 Å². The Morgan fingerprint density at radius 3 is 2.54 bits per heavy atom. The maximum Gasteiger partial charge on any atom is 0.269 e. The van der Waals surface area contributed by atoms with Crippen LogP contribution in [0.3, 0.4) is 0 Å². The topological polar surface area (TPSA) is 76.2 Å². The van der Waals surface area contributed by atoms with E-state index in [0.29, 0.717) is 6.54 Å². The van der Waals surface area contributed by atoms with E-state index in [1.54, 1.807) is 16.8 Å². The van der Waals surface area contributed by atoms with E-state index in [2.05, 4.69) is 46.6 Å². The van der Waals surface area contributed by atoms with Gasteiger partial charge in [-0.15, -0.1) is 0 Å². The lowest BCUT2D eigenvalue weighted by Crippen LogP contribution is -2.28. The van der Waals surface area contributed by atoms with E-state index in [9.17, 15) is 10.1 Å². The number of benzene rings is 2. The number of likely N-dealkylation sites (N-methyl/N-ethyl adjacent to an activating group) is 1. The Labute approximate surface area is 164 Å². The van der Waals surface area contributed by atoms with Crippen LogP contribution in [-0.4, -0.2) is 39.7 Å². The molecule has 0 unspecified atom stereocenters. The van der Waals surface area contributed by atoms with Crippen LogP contribution in [0.25, 0.3) is 11.3 Å². The van der Waals surface area contributed by atoms with Gasteiger partial charge in [0.05, 0.1) is 10.6 Å². The molecular formula is C21H25N5O2. The number of nitro benzene ring substituents is 1. The molecule has 2 aromatic carbocycles. The van der Waals surface area contributed by atoms with Gasteiger partial charge in [0.2, 0.25) is 0 Å². The number of rotatable bonds is 9. The minimum atomic E-state index is -0.392. The molecule has 7 heteroatoms. The lowest BCUT2D eigenvalue weighted by molar-refractivity contribution is -0.384. The predicted molar refractivity (Wildman–Crippen MR) is 110 cm³/mol. The second kappa shape index (κ2) is 9.25. The first-order valence-corrected chi connectivity index (χ1v) is 9.23. The first-order chi connectivity index (χ1) is 13.5. The van der Waals surface area contributed by atoms with Crippen LogP contribution in [0.4, 0.5) is 5.69 Å². The van der Waals surface area contributed by atoms with Gasteiger partial charge in [0.1, 0.15) is 0 Å². The average molecular weight is 379 g/mol. The standard InChI is InChI=1S/C21H25N5O2/c1-24(15-17-6-4-3-5-7-17)13-12-22-14-19-16-25(2)23-21(19)18-8-10-20(11-9-18)26(27)28/h3-11,16,22H,12-15H2,1-2H3. The summed E-state index contributed by atoms with van der Waals surface area (Å²) in [5, 5.41) is 18.8. The molecule has 1 aromatic heterocycles. The van der Waals surface area contributed by atoms with Crippen molar-refractivity contribution in [1.29, 1.82) is 0 Å². The Balaban J connectivity index is 1.54. The van der Waals surface area contributed by atoms with Gasteiger partial charge in [-0.25, -0.2) is 0 Å². The van der Waals surface area contributed by atoms with Crippen molar-refractivity contribution in [2.24, 2.45) is 7.05 Å². The second-order valence-electron chi connectivity index (χ2n) is 6.88. The lowest BCUT2D eigenvalue weighted by atomic mass is 10.1. The third kappa shape index (κ3) is 5.25. The van der Waals surface area contributed by atoms with Crippen LogP contribution >= 0.6 is 0 Å². The fourth-order valence-electron chi connectivity index (χ4n) is 3.12. The zero-order valence-corrected chi connectivity index (χ0v) is 16.2. The van der Waals surface area contributed by atoms with Gasteiger partial charge in [0.25, 0.3) is 5.69 Å². The fraction of sp³-hybridized carbons (Fsp3) is 0.286. The van der Waals surface area contributed by atoms with Crippen molar-refractivity contribution in [3.63, 3.8) is 0 Å². The quantitative estimate of drug-likeness (QED) is 0.351. The maximum absolute atomic E-state index is 10.8. The zero-order chi connectivity index (χ0) is 19.9. The smallest absolute Gasteiger partial charge is 0.269 e. The van der Waals surface area contributed by atoms with Gasteiger partial charge in [0, 0.05) is 62.7 Å². The van der Waals surface area contributed by atoms with Crippen molar-refractivity contribution < 1.29 is 4.92 Å². The van der Waals surface area contributed by atoms with Crippen LogP contribution in [0.15, 0.2) is 60.8 Å².